The zero-order valence-corrected chi connectivity index (χ0v) is 13.2. The second kappa shape index (κ2) is 6.66. The number of benzene rings is 1. The number of hydrogen-bond acceptors (Lipinski definition) is 4. The maximum atomic E-state index is 12.8. The highest BCUT2D eigenvalue weighted by Gasteiger charge is 2.14. The Hall–Kier alpha value is -2.60. The van der Waals surface area contributed by atoms with Gasteiger partial charge < -0.3 is 9.47 Å². The molecule has 1 aromatic carbocycles. The average Bonchev–Trinajstić information content (AvgIpc) is 2.85. The van der Waals surface area contributed by atoms with E-state index < -0.39 is 0 Å². The number of fused-ring (bicyclic) bond motifs is 1. The maximum absolute atomic E-state index is 12.8. The number of imidazole rings is 1. The molecule has 0 unspecified atom stereocenters. The third-order valence-corrected chi connectivity index (χ3v) is 3.77. The van der Waals surface area contributed by atoms with Crippen molar-refractivity contribution in [3.8, 4) is 5.75 Å². The number of aromatic nitrogens is 3. The first kappa shape index (κ1) is 15.3. The van der Waals surface area contributed by atoms with Crippen molar-refractivity contribution in [3.63, 3.8) is 0 Å². The topological polar surface area (TPSA) is 58.3 Å². The summed E-state index contributed by atoms with van der Waals surface area (Å²) in [5, 5.41) is 0. The number of rotatable bonds is 6. The Morgan fingerprint density at radius 1 is 1.13 bits per heavy atom. The van der Waals surface area contributed by atoms with Gasteiger partial charge in [-0.15, -0.1) is 0 Å². The SMILES string of the molecule is COCCn1c(=O)n(Cc2cccc(OC)c2)c2cccnc21. The summed E-state index contributed by atoms with van der Waals surface area (Å²) in [7, 11) is 3.25. The maximum Gasteiger partial charge on any atom is 0.330 e. The van der Waals surface area contributed by atoms with Gasteiger partial charge in [-0.2, -0.15) is 0 Å². The van der Waals surface area contributed by atoms with Crippen LogP contribution >= 0.6 is 0 Å². The van der Waals surface area contributed by atoms with Gasteiger partial charge in [-0.05, 0) is 29.8 Å². The van der Waals surface area contributed by atoms with Crippen LogP contribution in [0.2, 0.25) is 0 Å². The molecule has 0 radical (unpaired) electrons. The highest BCUT2D eigenvalue weighted by atomic mass is 16.5. The van der Waals surface area contributed by atoms with Gasteiger partial charge in [0.25, 0.3) is 0 Å². The zero-order chi connectivity index (χ0) is 16.2. The lowest BCUT2D eigenvalue weighted by Gasteiger charge is -2.06. The molecule has 0 fully saturated rings. The van der Waals surface area contributed by atoms with Crippen LogP contribution in [0.4, 0.5) is 0 Å². The summed E-state index contributed by atoms with van der Waals surface area (Å²) in [6, 6.07) is 11.5. The van der Waals surface area contributed by atoms with E-state index in [9.17, 15) is 4.79 Å². The molecular formula is C17H19N3O3. The van der Waals surface area contributed by atoms with Crippen molar-refractivity contribution in [1.29, 1.82) is 0 Å². The van der Waals surface area contributed by atoms with Gasteiger partial charge in [0, 0.05) is 13.3 Å². The first-order valence-electron chi connectivity index (χ1n) is 7.40. The van der Waals surface area contributed by atoms with Crippen molar-refractivity contribution < 1.29 is 9.47 Å². The fourth-order valence-electron chi connectivity index (χ4n) is 2.64. The quantitative estimate of drug-likeness (QED) is 0.697. The molecule has 0 aliphatic heterocycles. The monoisotopic (exact) mass is 313 g/mol. The van der Waals surface area contributed by atoms with Gasteiger partial charge in [-0.25, -0.2) is 9.78 Å². The standard InChI is InChI=1S/C17H19N3O3/c1-22-10-9-19-16-15(7-4-8-18-16)20(17(19)21)12-13-5-3-6-14(11-13)23-2/h3-8,11H,9-10,12H2,1-2H3. The first-order valence-corrected chi connectivity index (χ1v) is 7.40. The molecule has 0 aliphatic carbocycles. The largest absolute Gasteiger partial charge is 0.497 e. The van der Waals surface area contributed by atoms with Gasteiger partial charge in [0.05, 0.1) is 32.3 Å². The molecule has 0 saturated heterocycles. The van der Waals surface area contributed by atoms with E-state index in [0.717, 1.165) is 16.8 Å². The second-order valence-electron chi connectivity index (χ2n) is 5.21. The van der Waals surface area contributed by atoms with E-state index in [4.69, 9.17) is 9.47 Å². The lowest BCUT2D eigenvalue weighted by atomic mass is 10.2. The molecule has 3 rings (SSSR count). The average molecular weight is 313 g/mol. The van der Waals surface area contributed by atoms with Crippen molar-refractivity contribution in [3.05, 3.63) is 58.6 Å². The Balaban J connectivity index is 2.06. The highest BCUT2D eigenvalue weighted by Crippen LogP contribution is 2.16. The minimum absolute atomic E-state index is 0.0847. The number of hydrogen-bond donors (Lipinski definition) is 0. The molecular weight excluding hydrogens is 294 g/mol. The number of ether oxygens (including phenoxy) is 2. The van der Waals surface area contributed by atoms with Crippen LogP contribution in [-0.2, 0) is 17.8 Å². The summed E-state index contributed by atoms with van der Waals surface area (Å²) in [6.45, 7) is 1.42. The lowest BCUT2D eigenvalue weighted by molar-refractivity contribution is 0.187. The van der Waals surface area contributed by atoms with Crippen LogP contribution < -0.4 is 10.4 Å². The van der Waals surface area contributed by atoms with Crippen LogP contribution in [0.25, 0.3) is 11.2 Å². The van der Waals surface area contributed by atoms with E-state index in [2.05, 4.69) is 4.98 Å². The predicted octanol–water partition coefficient (Wildman–Crippen LogP) is 1.90. The number of methoxy groups -OCH3 is 2. The van der Waals surface area contributed by atoms with E-state index in [1.54, 1.807) is 29.6 Å². The van der Waals surface area contributed by atoms with Gasteiger partial charge in [0.1, 0.15) is 5.75 Å². The summed E-state index contributed by atoms with van der Waals surface area (Å²) in [4.78, 5) is 17.1. The van der Waals surface area contributed by atoms with E-state index in [1.165, 1.54) is 0 Å². The van der Waals surface area contributed by atoms with Crippen LogP contribution in [0.15, 0.2) is 47.4 Å². The van der Waals surface area contributed by atoms with Crippen LogP contribution in [0, 0.1) is 0 Å². The molecule has 0 bridgehead atoms. The normalized spacial score (nSPS) is 11.0. The summed E-state index contributed by atoms with van der Waals surface area (Å²) >= 11 is 0. The van der Waals surface area contributed by atoms with Gasteiger partial charge in [-0.3, -0.25) is 9.13 Å². The molecule has 6 nitrogen and oxygen atoms in total. The fourth-order valence-corrected chi connectivity index (χ4v) is 2.64. The molecule has 0 saturated carbocycles. The molecule has 23 heavy (non-hydrogen) atoms. The first-order chi connectivity index (χ1) is 11.2. The summed E-state index contributed by atoms with van der Waals surface area (Å²) in [6.07, 6.45) is 1.70. The van der Waals surface area contributed by atoms with Gasteiger partial charge in [0.15, 0.2) is 5.65 Å². The zero-order valence-electron chi connectivity index (χ0n) is 13.2. The molecule has 0 atom stereocenters. The van der Waals surface area contributed by atoms with Crippen LogP contribution in [0.1, 0.15) is 5.56 Å². The molecule has 0 N–H and O–H groups in total. The Morgan fingerprint density at radius 2 is 2.00 bits per heavy atom. The molecule has 120 valence electrons. The third kappa shape index (κ3) is 2.98. The van der Waals surface area contributed by atoms with Gasteiger partial charge in [-0.1, -0.05) is 12.1 Å². The highest BCUT2D eigenvalue weighted by molar-refractivity contribution is 5.71. The Morgan fingerprint density at radius 3 is 2.78 bits per heavy atom. The number of nitrogens with zero attached hydrogens (tertiary/aromatic N) is 3. The van der Waals surface area contributed by atoms with Crippen molar-refractivity contribution in [2.75, 3.05) is 20.8 Å². The van der Waals surface area contributed by atoms with E-state index in [1.807, 2.05) is 36.4 Å². The second-order valence-corrected chi connectivity index (χ2v) is 5.21. The Labute approximate surface area is 133 Å². The fraction of sp³-hybridized carbons (Fsp3) is 0.294. The van der Waals surface area contributed by atoms with Crippen LogP contribution in [0.3, 0.4) is 0 Å². The van der Waals surface area contributed by atoms with Crippen molar-refractivity contribution >= 4 is 11.2 Å². The van der Waals surface area contributed by atoms with E-state index in [0.29, 0.717) is 25.3 Å². The molecule has 6 heteroatoms. The van der Waals surface area contributed by atoms with Gasteiger partial charge >= 0.3 is 5.69 Å². The summed E-state index contributed by atoms with van der Waals surface area (Å²) < 4.78 is 13.7. The minimum atomic E-state index is -0.0847. The summed E-state index contributed by atoms with van der Waals surface area (Å²) in [5.41, 5.74) is 2.41. The van der Waals surface area contributed by atoms with Crippen molar-refractivity contribution in [1.82, 2.24) is 14.1 Å². The van der Waals surface area contributed by atoms with E-state index in [-0.39, 0.29) is 5.69 Å². The molecule has 2 heterocycles. The van der Waals surface area contributed by atoms with E-state index >= 15 is 0 Å². The minimum Gasteiger partial charge on any atom is -0.497 e. The Kier molecular flexibility index (Phi) is 4.43. The molecule has 0 amide bonds. The smallest absolute Gasteiger partial charge is 0.330 e. The van der Waals surface area contributed by atoms with Gasteiger partial charge in [0.2, 0.25) is 0 Å². The molecule has 2 aromatic heterocycles. The molecule has 0 aliphatic rings. The molecule has 0 spiro atoms. The third-order valence-electron chi connectivity index (χ3n) is 3.77. The van der Waals surface area contributed by atoms with Crippen molar-refractivity contribution in [2.24, 2.45) is 0 Å². The predicted molar refractivity (Wildman–Crippen MR) is 88.0 cm³/mol. The Bertz CT molecular complexity index is 867. The lowest BCUT2D eigenvalue weighted by Crippen LogP contribution is -2.26. The van der Waals surface area contributed by atoms with Crippen LogP contribution in [0.5, 0.6) is 5.75 Å². The molecule has 3 aromatic rings. The van der Waals surface area contributed by atoms with Crippen LogP contribution in [-0.4, -0.2) is 34.9 Å². The summed E-state index contributed by atoms with van der Waals surface area (Å²) in [5.74, 6) is 0.775. The number of pyridine rings is 1. The van der Waals surface area contributed by atoms with Crippen molar-refractivity contribution in [2.45, 2.75) is 13.1 Å².